The van der Waals surface area contributed by atoms with Crippen LogP contribution >= 0.6 is 0 Å². The maximum absolute atomic E-state index is 5.77. The highest BCUT2D eigenvalue weighted by Gasteiger charge is 2.36. The van der Waals surface area contributed by atoms with Crippen molar-refractivity contribution in [2.24, 2.45) is 0 Å². The summed E-state index contributed by atoms with van der Waals surface area (Å²) in [5.74, 6) is 0.959. The van der Waals surface area contributed by atoms with Crippen molar-refractivity contribution in [3.63, 3.8) is 0 Å². The van der Waals surface area contributed by atoms with Crippen molar-refractivity contribution in [2.75, 3.05) is 6.61 Å². The van der Waals surface area contributed by atoms with Crippen molar-refractivity contribution >= 4 is 11.6 Å². The van der Waals surface area contributed by atoms with Crippen molar-refractivity contribution in [3.05, 3.63) is 64.7 Å². The third-order valence-electron chi connectivity index (χ3n) is 6.34. The molecule has 0 amide bonds. The van der Waals surface area contributed by atoms with Gasteiger partial charge in [-0.2, -0.15) is 0 Å². The molecular formula is C27H36O. The largest absolute Gasteiger partial charge is 0.494 e. The lowest BCUT2D eigenvalue weighted by atomic mass is 9.63. The second-order valence-electron chi connectivity index (χ2n) is 9.63. The molecule has 28 heavy (non-hydrogen) atoms. The summed E-state index contributed by atoms with van der Waals surface area (Å²) in [7, 11) is 0. The second kappa shape index (κ2) is 8.15. The van der Waals surface area contributed by atoms with E-state index in [0.717, 1.165) is 25.2 Å². The van der Waals surface area contributed by atoms with E-state index in [0.29, 0.717) is 0 Å². The summed E-state index contributed by atoms with van der Waals surface area (Å²) in [6, 6.07) is 15.6. The minimum Gasteiger partial charge on any atom is -0.494 e. The Kier molecular flexibility index (Phi) is 6.03. The van der Waals surface area contributed by atoms with Crippen LogP contribution in [0.25, 0.3) is 11.6 Å². The molecule has 0 aromatic heterocycles. The van der Waals surface area contributed by atoms with Crippen LogP contribution in [0.1, 0.15) is 89.5 Å². The Balaban J connectivity index is 1.84. The molecule has 0 N–H and O–H groups in total. The van der Waals surface area contributed by atoms with E-state index in [-0.39, 0.29) is 10.8 Å². The van der Waals surface area contributed by atoms with Crippen LogP contribution in [0.15, 0.2) is 42.5 Å². The Morgan fingerprint density at radius 2 is 1.57 bits per heavy atom. The highest BCUT2D eigenvalue weighted by molar-refractivity contribution is 5.80. The van der Waals surface area contributed by atoms with Gasteiger partial charge in [0.2, 0.25) is 0 Å². The fourth-order valence-electron chi connectivity index (χ4n) is 4.16. The summed E-state index contributed by atoms with van der Waals surface area (Å²) in [4.78, 5) is 0. The normalized spacial score (nSPS) is 17.9. The van der Waals surface area contributed by atoms with Crippen LogP contribution in [0.3, 0.4) is 0 Å². The van der Waals surface area contributed by atoms with Gasteiger partial charge in [0.05, 0.1) is 6.61 Å². The van der Waals surface area contributed by atoms with E-state index in [4.69, 9.17) is 4.74 Å². The van der Waals surface area contributed by atoms with Gasteiger partial charge in [-0.25, -0.2) is 0 Å². The Morgan fingerprint density at radius 3 is 2.21 bits per heavy atom. The fourth-order valence-corrected chi connectivity index (χ4v) is 4.16. The molecular weight excluding hydrogens is 340 g/mol. The first kappa shape index (κ1) is 20.7. The number of unbranched alkanes of at least 4 members (excludes halogenated alkanes) is 1. The van der Waals surface area contributed by atoms with Crippen LogP contribution < -0.4 is 4.74 Å². The Bertz CT molecular complexity index is 837. The molecule has 0 heterocycles. The van der Waals surface area contributed by atoms with E-state index in [2.05, 4.69) is 90.1 Å². The smallest absolute Gasteiger partial charge is 0.119 e. The monoisotopic (exact) mass is 376 g/mol. The van der Waals surface area contributed by atoms with Gasteiger partial charge in [-0.05, 0) is 77.0 Å². The van der Waals surface area contributed by atoms with Gasteiger partial charge in [0.25, 0.3) is 0 Å². The SMILES string of the molecule is CCCCOc1ccc(/C=C(\C)c2ccc3c(c2)C(C)(C)CCC3(C)C)cc1. The third-order valence-corrected chi connectivity index (χ3v) is 6.34. The molecule has 3 rings (SSSR count). The summed E-state index contributed by atoms with van der Waals surface area (Å²) < 4.78 is 5.77. The summed E-state index contributed by atoms with van der Waals surface area (Å²) in [5.41, 5.74) is 7.42. The van der Waals surface area contributed by atoms with Gasteiger partial charge in [-0.3, -0.25) is 0 Å². The lowest BCUT2D eigenvalue weighted by Gasteiger charge is -2.42. The number of rotatable bonds is 6. The minimum absolute atomic E-state index is 0.249. The van der Waals surface area contributed by atoms with Crippen molar-refractivity contribution in [1.29, 1.82) is 0 Å². The highest BCUT2D eigenvalue weighted by atomic mass is 16.5. The van der Waals surface area contributed by atoms with E-state index in [9.17, 15) is 0 Å². The molecule has 2 aromatic rings. The number of hydrogen-bond donors (Lipinski definition) is 0. The van der Waals surface area contributed by atoms with Crippen LogP contribution in [0, 0.1) is 0 Å². The maximum Gasteiger partial charge on any atom is 0.119 e. The molecule has 0 saturated heterocycles. The first-order valence-corrected chi connectivity index (χ1v) is 10.8. The van der Waals surface area contributed by atoms with E-state index in [1.807, 2.05) is 0 Å². The molecule has 1 nitrogen and oxygen atoms in total. The summed E-state index contributed by atoms with van der Waals surface area (Å²) >= 11 is 0. The molecule has 150 valence electrons. The quantitative estimate of drug-likeness (QED) is 0.369. The van der Waals surface area contributed by atoms with Gasteiger partial charge in [0.15, 0.2) is 0 Å². The molecule has 0 saturated carbocycles. The van der Waals surface area contributed by atoms with Crippen LogP contribution in [0.5, 0.6) is 5.75 Å². The Labute approximate surface area is 171 Å². The van der Waals surface area contributed by atoms with Crippen molar-refractivity contribution in [3.8, 4) is 5.75 Å². The number of ether oxygens (including phenoxy) is 1. The van der Waals surface area contributed by atoms with Crippen molar-refractivity contribution < 1.29 is 4.74 Å². The van der Waals surface area contributed by atoms with E-state index in [1.54, 1.807) is 0 Å². The Morgan fingerprint density at radius 1 is 0.929 bits per heavy atom. The topological polar surface area (TPSA) is 9.23 Å². The zero-order chi connectivity index (χ0) is 20.4. The van der Waals surface area contributed by atoms with E-state index in [1.165, 1.54) is 40.7 Å². The molecule has 1 aliphatic rings. The van der Waals surface area contributed by atoms with Crippen molar-refractivity contribution in [2.45, 2.75) is 78.1 Å². The number of fused-ring (bicyclic) bond motifs is 1. The molecule has 0 radical (unpaired) electrons. The standard InChI is InChI=1S/C27H36O/c1-7-8-17-28-23-12-9-21(10-13-23)18-20(2)22-11-14-24-25(19-22)27(5,6)16-15-26(24,3)4/h9-14,18-19H,7-8,15-17H2,1-6H3/b20-18+. The average Bonchev–Trinajstić information content (AvgIpc) is 2.67. The summed E-state index contributed by atoms with van der Waals surface area (Å²) in [6.45, 7) is 14.7. The van der Waals surface area contributed by atoms with E-state index >= 15 is 0 Å². The van der Waals surface area contributed by atoms with Gasteiger partial charge in [0, 0.05) is 0 Å². The van der Waals surface area contributed by atoms with Crippen molar-refractivity contribution in [1.82, 2.24) is 0 Å². The van der Waals surface area contributed by atoms with Gasteiger partial charge in [0.1, 0.15) is 5.75 Å². The maximum atomic E-state index is 5.77. The number of hydrogen-bond acceptors (Lipinski definition) is 1. The first-order valence-electron chi connectivity index (χ1n) is 10.8. The minimum atomic E-state index is 0.249. The first-order chi connectivity index (χ1) is 13.2. The van der Waals surface area contributed by atoms with Crippen LogP contribution in [-0.2, 0) is 10.8 Å². The molecule has 0 atom stereocenters. The Hall–Kier alpha value is -2.02. The molecule has 0 unspecified atom stereocenters. The fraction of sp³-hybridized carbons (Fsp3) is 0.481. The third kappa shape index (κ3) is 4.51. The predicted molar refractivity (Wildman–Crippen MR) is 122 cm³/mol. The van der Waals surface area contributed by atoms with Crippen LogP contribution in [-0.4, -0.2) is 6.61 Å². The molecule has 0 bridgehead atoms. The number of benzene rings is 2. The van der Waals surface area contributed by atoms with Gasteiger partial charge in [-0.15, -0.1) is 0 Å². The summed E-state index contributed by atoms with van der Waals surface area (Å²) in [6.07, 6.45) is 7.05. The lowest BCUT2D eigenvalue weighted by Crippen LogP contribution is -2.33. The molecule has 2 aromatic carbocycles. The zero-order valence-electron chi connectivity index (χ0n) is 18.6. The zero-order valence-corrected chi connectivity index (χ0v) is 18.6. The van der Waals surface area contributed by atoms with Gasteiger partial charge >= 0.3 is 0 Å². The number of allylic oxidation sites excluding steroid dienone is 1. The molecule has 1 heteroatoms. The second-order valence-corrected chi connectivity index (χ2v) is 9.63. The molecule has 1 aliphatic carbocycles. The van der Waals surface area contributed by atoms with E-state index < -0.39 is 0 Å². The molecule has 0 fully saturated rings. The van der Waals surface area contributed by atoms with Gasteiger partial charge < -0.3 is 4.74 Å². The lowest BCUT2D eigenvalue weighted by molar-refractivity contribution is 0.309. The van der Waals surface area contributed by atoms with Gasteiger partial charge in [-0.1, -0.05) is 77.4 Å². The summed E-state index contributed by atoms with van der Waals surface area (Å²) in [5, 5.41) is 0. The van der Waals surface area contributed by atoms with Crippen LogP contribution in [0.2, 0.25) is 0 Å². The molecule has 0 spiro atoms. The highest BCUT2D eigenvalue weighted by Crippen LogP contribution is 2.46. The predicted octanol–water partition coefficient (Wildman–Crippen LogP) is 7.78. The molecule has 0 aliphatic heterocycles. The average molecular weight is 377 g/mol. The van der Waals surface area contributed by atoms with Crippen LogP contribution in [0.4, 0.5) is 0 Å².